The summed E-state index contributed by atoms with van der Waals surface area (Å²) >= 11 is 1.58. The van der Waals surface area contributed by atoms with E-state index in [1.165, 1.54) is 12.1 Å². The summed E-state index contributed by atoms with van der Waals surface area (Å²) in [6, 6.07) is 6.33. The number of halogens is 1. The van der Waals surface area contributed by atoms with Crippen LogP contribution in [0, 0.1) is 5.82 Å². The van der Waals surface area contributed by atoms with Crippen LogP contribution in [0.3, 0.4) is 0 Å². The Bertz CT molecular complexity index is 531. The molecule has 0 saturated heterocycles. The van der Waals surface area contributed by atoms with Crippen LogP contribution in [0.15, 0.2) is 29.6 Å². The zero-order chi connectivity index (χ0) is 11.9. The second kappa shape index (κ2) is 3.89. The minimum atomic E-state index is -0.238. The third kappa shape index (κ3) is 1.87. The fourth-order valence-electron chi connectivity index (χ4n) is 1.86. The van der Waals surface area contributed by atoms with Crippen molar-refractivity contribution in [2.75, 3.05) is 6.61 Å². The first-order chi connectivity index (χ1) is 8.23. The molecule has 1 aliphatic rings. The van der Waals surface area contributed by atoms with E-state index in [4.69, 9.17) is 0 Å². The molecule has 1 aromatic carbocycles. The van der Waals surface area contributed by atoms with Gasteiger partial charge in [-0.15, -0.1) is 11.3 Å². The molecule has 1 aliphatic carbocycles. The molecule has 1 N–H and O–H groups in total. The van der Waals surface area contributed by atoms with Gasteiger partial charge in [0.05, 0.1) is 12.3 Å². The molecule has 0 unspecified atom stereocenters. The number of thiazole rings is 1. The quantitative estimate of drug-likeness (QED) is 0.907. The molecule has 88 valence electrons. The average Bonchev–Trinajstić information content (AvgIpc) is 3.00. The van der Waals surface area contributed by atoms with Gasteiger partial charge in [0, 0.05) is 16.4 Å². The van der Waals surface area contributed by atoms with E-state index < -0.39 is 0 Å². The molecule has 17 heavy (non-hydrogen) atoms. The Labute approximate surface area is 103 Å². The summed E-state index contributed by atoms with van der Waals surface area (Å²) in [4.78, 5) is 4.55. The Morgan fingerprint density at radius 3 is 2.59 bits per heavy atom. The summed E-state index contributed by atoms with van der Waals surface area (Å²) in [7, 11) is 0. The highest BCUT2D eigenvalue weighted by Crippen LogP contribution is 2.49. The number of hydrogen-bond donors (Lipinski definition) is 1. The molecule has 0 amide bonds. The van der Waals surface area contributed by atoms with Gasteiger partial charge in [-0.25, -0.2) is 9.37 Å². The van der Waals surface area contributed by atoms with Crippen LogP contribution in [0.4, 0.5) is 4.39 Å². The fraction of sp³-hybridized carbons (Fsp3) is 0.308. The van der Waals surface area contributed by atoms with Crippen LogP contribution in [-0.2, 0) is 5.41 Å². The second-order valence-electron chi connectivity index (χ2n) is 4.48. The van der Waals surface area contributed by atoms with Gasteiger partial charge in [0.1, 0.15) is 10.8 Å². The third-order valence-electron chi connectivity index (χ3n) is 3.25. The van der Waals surface area contributed by atoms with E-state index in [0.717, 1.165) is 29.1 Å². The maximum absolute atomic E-state index is 12.8. The SMILES string of the molecule is OCC1(c2nc(-c3ccc(F)cc3)cs2)CC1. The topological polar surface area (TPSA) is 33.1 Å². The van der Waals surface area contributed by atoms with Crippen molar-refractivity contribution in [1.82, 2.24) is 4.98 Å². The minimum Gasteiger partial charge on any atom is -0.395 e. The maximum atomic E-state index is 12.8. The van der Waals surface area contributed by atoms with E-state index in [1.54, 1.807) is 23.5 Å². The first kappa shape index (κ1) is 10.9. The molecule has 3 rings (SSSR count). The first-order valence-electron chi connectivity index (χ1n) is 5.56. The van der Waals surface area contributed by atoms with Crippen LogP contribution >= 0.6 is 11.3 Å². The molecule has 0 aliphatic heterocycles. The molecule has 1 aromatic heterocycles. The molecule has 1 saturated carbocycles. The van der Waals surface area contributed by atoms with Crippen molar-refractivity contribution in [3.05, 3.63) is 40.5 Å². The molecular weight excluding hydrogens is 237 g/mol. The van der Waals surface area contributed by atoms with Gasteiger partial charge in [0.2, 0.25) is 0 Å². The Morgan fingerprint density at radius 2 is 2.00 bits per heavy atom. The molecule has 0 bridgehead atoms. The van der Waals surface area contributed by atoms with Crippen LogP contribution < -0.4 is 0 Å². The fourth-order valence-corrected chi connectivity index (χ4v) is 2.94. The van der Waals surface area contributed by atoms with Crippen LogP contribution in [0.5, 0.6) is 0 Å². The predicted octanol–water partition coefficient (Wildman–Crippen LogP) is 2.97. The lowest BCUT2D eigenvalue weighted by atomic mass is 10.1. The number of nitrogens with zero attached hydrogens (tertiary/aromatic N) is 1. The average molecular weight is 249 g/mol. The van der Waals surface area contributed by atoms with Gasteiger partial charge in [-0.1, -0.05) is 0 Å². The van der Waals surface area contributed by atoms with Crippen LogP contribution in [0.2, 0.25) is 0 Å². The van der Waals surface area contributed by atoms with E-state index in [2.05, 4.69) is 4.98 Å². The molecule has 4 heteroatoms. The summed E-state index contributed by atoms with van der Waals surface area (Å²) in [5, 5.41) is 12.3. The van der Waals surface area contributed by atoms with Gasteiger partial charge < -0.3 is 5.11 Å². The molecule has 0 spiro atoms. The van der Waals surface area contributed by atoms with Gasteiger partial charge in [-0.05, 0) is 37.1 Å². The first-order valence-corrected chi connectivity index (χ1v) is 6.44. The number of rotatable bonds is 3. The number of aromatic nitrogens is 1. The van der Waals surface area contributed by atoms with Crippen molar-refractivity contribution in [1.29, 1.82) is 0 Å². The molecule has 0 atom stereocenters. The molecule has 2 nitrogen and oxygen atoms in total. The summed E-state index contributed by atoms with van der Waals surface area (Å²) in [6.07, 6.45) is 2.03. The van der Waals surface area contributed by atoms with Crippen molar-refractivity contribution < 1.29 is 9.50 Å². The number of aliphatic hydroxyl groups is 1. The summed E-state index contributed by atoms with van der Waals surface area (Å²) in [6.45, 7) is 0.170. The van der Waals surface area contributed by atoms with E-state index in [9.17, 15) is 9.50 Å². The van der Waals surface area contributed by atoms with E-state index in [0.29, 0.717) is 0 Å². The lowest BCUT2D eigenvalue weighted by Crippen LogP contribution is -2.11. The molecule has 2 aromatic rings. The van der Waals surface area contributed by atoms with E-state index >= 15 is 0 Å². The zero-order valence-corrected chi connectivity index (χ0v) is 10.0. The Hall–Kier alpha value is -1.26. The molecule has 0 radical (unpaired) electrons. The highest BCUT2D eigenvalue weighted by Gasteiger charge is 2.46. The Morgan fingerprint density at radius 1 is 1.29 bits per heavy atom. The van der Waals surface area contributed by atoms with Crippen molar-refractivity contribution >= 4 is 11.3 Å². The minimum absolute atomic E-state index is 0.0804. The Kier molecular flexibility index (Phi) is 2.49. The van der Waals surface area contributed by atoms with Gasteiger partial charge in [-0.2, -0.15) is 0 Å². The largest absolute Gasteiger partial charge is 0.395 e. The van der Waals surface area contributed by atoms with E-state index in [1.807, 2.05) is 5.38 Å². The standard InChI is InChI=1S/C13H12FNOS/c14-10-3-1-9(2-4-10)11-7-17-12(15-11)13(8-16)5-6-13/h1-4,7,16H,5-6,8H2. The Balaban J connectivity index is 1.92. The summed E-state index contributed by atoms with van der Waals surface area (Å²) in [5.41, 5.74) is 1.70. The third-order valence-corrected chi connectivity index (χ3v) is 4.34. The van der Waals surface area contributed by atoms with Crippen LogP contribution in [0.25, 0.3) is 11.3 Å². The highest BCUT2D eigenvalue weighted by atomic mass is 32.1. The lowest BCUT2D eigenvalue weighted by molar-refractivity contribution is 0.255. The number of benzene rings is 1. The lowest BCUT2D eigenvalue weighted by Gasteiger charge is -2.05. The normalized spacial score (nSPS) is 17.1. The van der Waals surface area contributed by atoms with Crippen molar-refractivity contribution in [2.45, 2.75) is 18.3 Å². The molecule has 1 fully saturated rings. The number of hydrogen-bond acceptors (Lipinski definition) is 3. The zero-order valence-electron chi connectivity index (χ0n) is 9.19. The van der Waals surface area contributed by atoms with Crippen molar-refractivity contribution in [3.8, 4) is 11.3 Å². The van der Waals surface area contributed by atoms with Crippen LogP contribution in [-0.4, -0.2) is 16.7 Å². The van der Waals surface area contributed by atoms with Crippen LogP contribution in [0.1, 0.15) is 17.8 Å². The predicted molar refractivity (Wildman–Crippen MR) is 65.5 cm³/mol. The summed E-state index contributed by atoms with van der Waals surface area (Å²) in [5.74, 6) is -0.238. The van der Waals surface area contributed by atoms with Crippen molar-refractivity contribution in [2.24, 2.45) is 0 Å². The monoisotopic (exact) mass is 249 g/mol. The highest BCUT2D eigenvalue weighted by molar-refractivity contribution is 7.10. The van der Waals surface area contributed by atoms with E-state index in [-0.39, 0.29) is 17.8 Å². The summed E-state index contributed by atoms with van der Waals surface area (Å²) < 4.78 is 12.8. The van der Waals surface area contributed by atoms with Gasteiger partial charge in [0.15, 0.2) is 0 Å². The van der Waals surface area contributed by atoms with Crippen molar-refractivity contribution in [3.63, 3.8) is 0 Å². The smallest absolute Gasteiger partial charge is 0.123 e. The van der Waals surface area contributed by atoms with Gasteiger partial charge in [-0.3, -0.25) is 0 Å². The second-order valence-corrected chi connectivity index (χ2v) is 5.34. The number of aliphatic hydroxyl groups excluding tert-OH is 1. The molecule has 1 heterocycles. The van der Waals surface area contributed by atoms with Gasteiger partial charge in [0.25, 0.3) is 0 Å². The maximum Gasteiger partial charge on any atom is 0.123 e. The molecular formula is C13H12FNOS. The van der Waals surface area contributed by atoms with Gasteiger partial charge >= 0.3 is 0 Å².